The summed E-state index contributed by atoms with van der Waals surface area (Å²) in [6, 6.07) is 8.57. The third kappa shape index (κ3) is 1.91. The molecule has 3 heteroatoms. The Labute approximate surface area is 108 Å². The second-order valence-electron chi connectivity index (χ2n) is 5.30. The van der Waals surface area contributed by atoms with Gasteiger partial charge in [-0.05, 0) is 31.9 Å². The molecule has 0 aliphatic carbocycles. The number of aliphatic hydroxyl groups is 1. The highest BCUT2D eigenvalue weighted by Gasteiger charge is 2.38. The van der Waals surface area contributed by atoms with Crippen molar-refractivity contribution in [1.29, 1.82) is 0 Å². The highest BCUT2D eigenvalue weighted by Crippen LogP contribution is 2.36. The van der Waals surface area contributed by atoms with Gasteiger partial charge in [0.2, 0.25) is 0 Å². The van der Waals surface area contributed by atoms with E-state index >= 15 is 0 Å². The number of benzene rings is 1. The topological polar surface area (TPSA) is 32.7 Å². The molecule has 1 aromatic rings. The molecule has 3 nitrogen and oxygen atoms in total. The molecule has 3 unspecified atom stereocenters. The van der Waals surface area contributed by atoms with Crippen LogP contribution < -0.4 is 4.74 Å². The van der Waals surface area contributed by atoms with Crippen LogP contribution in [0.3, 0.4) is 0 Å². The largest absolute Gasteiger partial charge is 0.491 e. The molecule has 0 spiro atoms. The van der Waals surface area contributed by atoms with Crippen molar-refractivity contribution in [2.45, 2.75) is 44.4 Å². The van der Waals surface area contributed by atoms with Crippen LogP contribution in [0, 0.1) is 0 Å². The predicted molar refractivity (Wildman–Crippen MR) is 70.7 cm³/mol. The minimum Gasteiger partial charge on any atom is -0.491 e. The Morgan fingerprint density at radius 3 is 3.06 bits per heavy atom. The zero-order chi connectivity index (χ0) is 12.5. The second-order valence-corrected chi connectivity index (χ2v) is 5.30. The molecule has 1 saturated heterocycles. The highest BCUT2D eigenvalue weighted by molar-refractivity contribution is 5.37. The van der Waals surface area contributed by atoms with Crippen LogP contribution in [-0.4, -0.2) is 35.2 Å². The Kier molecular flexibility index (Phi) is 3.27. The van der Waals surface area contributed by atoms with Crippen LogP contribution >= 0.6 is 0 Å². The van der Waals surface area contributed by atoms with Crippen molar-refractivity contribution in [3.05, 3.63) is 29.8 Å². The lowest BCUT2D eigenvalue weighted by Crippen LogP contribution is -2.47. The standard InChI is InChI=1S/C15H21NO2/c1-2-11-6-5-9-16(11)13-10-18-14-8-4-3-7-12(14)15(13)17/h3-4,7-8,11,13,15,17H,2,5-6,9-10H2,1H3. The van der Waals surface area contributed by atoms with E-state index < -0.39 is 6.10 Å². The van der Waals surface area contributed by atoms with E-state index in [1.807, 2.05) is 24.3 Å². The lowest BCUT2D eigenvalue weighted by Gasteiger charge is -2.39. The Hall–Kier alpha value is -1.06. The van der Waals surface area contributed by atoms with Crippen molar-refractivity contribution >= 4 is 0 Å². The van der Waals surface area contributed by atoms with E-state index in [0.717, 1.165) is 24.3 Å². The van der Waals surface area contributed by atoms with E-state index in [0.29, 0.717) is 12.6 Å². The van der Waals surface area contributed by atoms with Crippen molar-refractivity contribution in [3.63, 3.8) is 0 Å². The second kappa shape index (κ2) is 4.90. The van der Waals surface area contributed by atoms with Gasteiger partial charge in [-0.2, -0.15) is 0 Å². The van der Waals surface area contributed by atoms with E-state index in [2.05, 4.69) is 11.8 Å². The molecule has 2 heterocycles. The van der Waals surface area contributed by atoms with Crippen molar-refractivity contribution in [2.24, 2.45) is 0 Å². The van der Waals surface area contributed by atoms with Crippen LogP contribution in [0.2, 0.25) is 0 Å². The maximum absolute atomic E-state index is 10.6. The van der Waals surface area contributed by atoms with Gasteiger partial charge >= 0.3 is 0 Å². The number of hydrogen-bond donors (Lipinski definition) is 1. The summed E-state index contributed by atoms with van der Waals surface area (Å²) < 4.78 is 5.81. The van der Waals surface area contributed by atoms with Gasteiger partial charge in [-0.25, -0.2) is 0 Å². The van der Waals surface area contributed by atoms with E-state index in [1.165, 1.54) is 12.8 Å². The summed E-state index contributed by atoms with van der Waals surface area (Å²) in [5, 5.41) is 10.6. The first-order valence-electron chi connectivity index (χ1n) is 6.96. The minimum atomic E-state index is -0.415. The molecule has 18 heavy (non-hydrogen) atoms. The van der Waals surface area contributed by atoms with Crippen molar-refractivity contribution in [2.75, 3.05) is 13.2 Å². The van der Waals surface area contributed by atoms with Crippen LogP contribution in [0.15, 0.2) is 24.3 Å². The molecule has 0 bridgehead atoms. The average Bonchev–Trinajstić information content (AvgIpc) is 2.88. The number of nitrogens with zero attached hydrogens (tertiary/aromatic N) is 1. The first kappa shape index (κ1) is 12.0. The Morgan fingerprint density at radius 1 is 1.39 bits per heavy atom. The SMILES string of the molecule is CCC1CCCN1C1COc2ccccc2C1O. The van der Waals surface area contributed by atoms with Gasteiger partial charge in [0.25, 0.3) is 0 Å². The molecular formula is C15H21NO2. The zero-order valence-corrected chi connectivity index (χ0v) is 10.9. The van der Waals surface area contributed by atoms with E-state index in [9.17, 15) is 5.11 Å². The summed E-state index contributed by atoms with van der Waals surface area (Å²) in [5.74, 6) is 0.841. The van der Waals surface area contributed by atoms with Gasteiger partial charge in [-0.15, -0.1) is 0 Å². The van der Waals surface area contributed by atoms with Crippen LogP contribution in [0.5, 0.6) is 5.75 Å². The van der Waals surface area contributed by atoms with Crippen molar-refractivity contribution in [3.8, 4) is 5.75 Å². The fourth-order valence-electron chi connectivity index (χ4n) is 3.34. The summed E-state index contributed by atoms with van der Waals surface area (Å²) in [4.78, 5) is 2.45. The fourth-order valence-corrected chi connectivity index (χ4v) is 3.34. The van der Waals surface area contributed by atoms with Crippen LogP contribution in [0.1, 0.15) is 37.9 Å². The summed E-state index contributed by atoms with van der Waals surface area (Å²) in [7, 11) is 0. The molecule has 0 saturated carbocycles. The number of fused-ring (bicyclic) bond motifs is 1. The highest BCUT2D eigenvalue weighted by atomic mass is 16.5. The third-order valence-corrected chi connectivity index (χ3v) is 4.33. The fraction of sp³-hybridized carbons (Fsp3) is 0.600. The van der Waals surface area contributed by atoms with Crippen LogP contribution in [0.4, 0.5) is 0 Å². The number of hydrogen-bond acceptors (Lipinski definition) is 3. The molecule has 2 aliphatic rings. The van der Waals surface area contributed by atoms with Crippen LogP contribution in [0.25, 0.3) is 0 Å². The van der Waals surface area contributed by atoms with Gasteiger partial charge in [-0.1, -0.05) is 25.1 Å². The van der Waals surface area contributed by atoms with Gasteiger partial charge < -0.3 is 9.84 Å². The number of ether oxygens (including phenoxy) is 1. The third-order valence-electron chi connectivity index (χ3n) is 4.33. The maximum Gasteiger partial charge on any atom is 0.125 e. The molecule has 2 aliphatic heterocycles. The molecule has 1 fully saturated rings. The smallest absolute Gasteiger partial charge is 0.125 e. The quantitative estimate of drug-likeness (QED) is 0.870. The lowest BCUT2D eigenvalue weighted by molar-refractivity contribution is -0.00303. The van der Waals surface area contributed by atoms with Gasteiger partial charge in [0, 0.05) is 11.6 Å². The van der Waals surface area contributed by atoms with Gasteiger partial charge in [0.1, 0.15) is 18.5 Å². The first-order chi connectivity index (χ1) is 8.81. The average molecular weight is 247 g/mol. The molecule has 98 valence electrons. The first-order valence-corrected chi connectivity index (χ1v) is 6.96. The summed E-state index contributed by atoms with van der Waals surface area (Å²) in [6.45, 7) is 3.92. The summed E-state index contributed by atoms with van der Waals surface area (Å²) in [6.07, 6.45) is 3.23. The number of likely N-dealkylation sites (tertiary alicyclic amines) is 1. The molecule has 3 rings (SSSR count). The van der Waals surface area contributed by atoms with Crippen molar-refractivity contribution < 1.29 is 9.84 Å². The number of rotatable bonds is 2. The molecule has 0 aromatic heterocycles. The van der Waals surface area contributed by atoms with E-state index in [-0.39, 0.29) is 6.04 Å². The minimum absolute atomic E-state index is 0.118. The Morgan fingerprint density at radius 2 is 2.22 bits per heavy atom. The molecule has 3 atom stereocenters. The normalized spacial score (nSPS) is 32.0. The lowest BCUT2D eigenvalue weighted by atomic mass is 9.97. The van der Waals surface area contributed by atoms with Gasteiger partial charge in [0.05, 0.1) is 6.04 Å². The summed E-state index contributed by atoms with van der Waals surface area (Å²) in [5.41, 5.74) is 0.940. The molecule has 1 N–H and O–H groups in total. The summed E-state index contributed by atoms with van der Waals surface area (Å²) >= 11 is 0. The van der Waals surface area contributed by atoms with Crippen LogP contribution in [-0.2, 0) is 0 Å². The zero-order valence-electron chi connectivity index (χ0n) is 10.9. The van der Waals surface area contributed by atoms with E-state index in [4.69, 9.17) is 4.74 Å². The monoisotopic (exact) mass is 247 g/mol. The maximum atomic E-state index is 10.6. The van der Waals surface area contributed by atoms with E-state index in [1.54, 1.807) is 0 Å². The molecule has 1 aromatic carbocycles. The number of para-hydroxylation sites is 1. The van der Waals surface area contributed by atoms with Gasteiger partial charge in [-0.3, -0.25) is 4.90 Å². The molecule has 0 radical (unpaired) electrons. The van der Waals surface area contributed by atoms with Crippen molar-refractivity contribution in [1.82, 2.24) is 4.90 Å². The Bertz CT molecular complexity index is 421. The van der Waals surface area contributed by atoms with Gasteiger partial charge in [0.15, 0.2) is 0 Å². The number of aliphatic hydroxyl groups excluding tert-OH is 1. The molecule has 0 amide bonds. The predicted octanol–water partition coefficient (Wildman–Crippen LogP) is 2.36. The Balaban J connectivity index is 1.84. The molecular weight excluding hydrogens is 226 g/mol.